The molecular formula is C24H17F3N2S2. The van der Waals surface area contributed by atoms with Gasteiger partial charge >= 0.3 is 6.05 Å². The lowest BCUT2D eigenvalue weighted by atomic mass is 10.0. The van der Waals surface area contributed by atoms with Crippen molar-refractivity contribution in [1.29, 1.82) is 0 Å². The second kappa shape index (κ2) is 9.08. The smallest absolute Gasteiger partial charge is 0.253 e. The first kappa shape index (κ1) is 21.3. The summed E-state index contributed by atoms with van der Waals surface area (Å²) in [5, 5.41) is -0.970. The van der Waals surface area contributed by atoms with Gasteiger partial charge in [0.2, 0.25) is 0 Å². The highest BCUT2D eigenvalue weighted by atomic mass is 32.2. The van der Waals surface area contributed by atoms with Crippen LogP contribution in [0.2, 0.25) is 0 Å². The SMILES string of the molecule is FC1(F)N=C(c2ccc(-c3ccccc3)cc2)SC1(F)c1ccccc1.c1cscn1. The predicted molar refractivity (Wildman–Crippen MR) is 122 cm³/mol. The largest absolute Gasteiger partial charge is 0.391 e. The molecule has 4 aromatic rings. The molecule has 0 saturated carbocycles. The molecule has 0 saturated heterocycles. The van der Waals surface area contributed by atoms with Crippen LogP contribution >= 0.6 is 23.1 Å². The number of thiazole rings is 1. The fourth-order valence-corrected chi connectivity index (χ4v) is 4.49. The maximum atomic E-state index is 15.2. The molecule has 31 heavy (non-hydrogen) atoms. The third-order valence-electron chi connectivity index (χ3n) is 4.60. The molecule has 2 heterocycles. The Morgan fingerprint density at radius 2 is 1.26 bits per heavy atom. The highest BCUT2D eigenvalue weighted by Gasteiger charge is 2.62. The summed E-state index contributed by atoms with van der Waals surface area (Å²) in [5.74, 6) is 0. The van der Waals surface area contributed by atoms with Gasteiger partial charge in [-0.3, -0.25) is 4.98 Å². The van der Waals surface area contributed by atoms with E-state index in [1.165, 1.54) is 12.1 Å². The van der Waals surface area contributed by atoms with Crippen molar-refractivity contribution in [2.24, 2.45) is 4.99 Å². The van der Waals surface area contributed by atoms with Crippen LogP contribution in [0, 0.1) is 0 Å². The first-order chi connectivity index (χ1) is 15.0. The lowest BCUT2D eigenvalue weighted by Crippen LogP contribution is -2.33. The Bertz CT molecular complexity index is 1120. The first-order valence-electron chi connectivity index (χ1n) is 9.39. The van der Waals surface area contributed by atoms with Crippen LogP contribution in [-0.4, -0.2) is 16.1 Å². The number of aromatic nitrogens is 1. The van der Waals surface area contributed by atoms with Crippen LogP contribution in [0.25, 0.3) is 11.1 Å². The van der Waals surface area contributed by atoms with E-state index in [4.69, 9.17) is 0 Å². The minimum Gasteiger partial charge on any atom is -0.253 e. The number of hydrogen-bond donors (Lipinski definition) is 0. The number of hydrogen-bond acceptors (Lipinski definition) is 4. The number of halogens is 3. The quantitative estimate of drug-likeness (QED) is 0.301. The summed E-state index contributed by atoms with van der Waals surface area (Å²) in [5.41, 5.74) is 4.16. The third-order valence-corrected chi connectivity index (χ3v) is 6.40. The summed E-state index contributed by atoms with van der Waals surface area (Å²) >= 11 is 2.06. The Balaban J connectivity index is 0.000000407. The van der Waals surface area contributed by atoms with E-state index in [1.807, 2.05) is 47.8 Å². The zero-order valence-corrected chi connectivity index (χ0v) is 17.8. The normalized spacial score (nSPS) is 19.3. The van der Waals surface area contributed by atoms with E-state index in [0.717, 1.165) is 11.1 Å². The lowest BCUT2D eigenvalue weighted by Gasteiger charge is -2.24. The van der Waals surface area contributed by atoms with E-state index in [-0.39, 0.29) is 10.6 Å². The maximum absolute atomic E-state index is 15.2. The molecule has 0 bridgehead atoms. The van der Waals surface area contributed by atoms with Gasteiger partial charge < -0.3 is 0 Å². The van der Waals surface area contributed by atoms with Crippen LogP contribution < -0.4 is 0 Å². The molecule has 3 aromatic carbocycles. The molecule has 1 aromatic heterocycles. The van der Waals surface area contributed by atoms with Crippen LogP contribution in [0.15, 0.2) is 107 Å². The van der Waals surface area contributed by atoms with Gasteiger partial charge in [-0.2, -0.15) is 8.78 Å². The molecule has 0 aliphatic carbocycles. The van der Waals surface area contributed by atoms with Crippen LogP contribution in [-0.2, 0) is 5.00 Å². The molecule has 0 fully saturated rings. The van der Waals surface area contributed by atoms with Gasteiger partial charge in [0.05, 0.1) is 5.51 Å². The van der Waals surface area contributed by atoms with E-state index in [1.54, 1.807) is 53.4 Å². The van der Waals surface area contributed by atoms with Gasteiger partial charge in [-0.05, 0) is 11.1 Å². The third kappa shape index (κ3) is 4.57. The van der Waals surface area contributed by atoms with E-state index < -0.39 is 11.0 Å². The van der Waals surface area contributed by atoms with Gasteiger partial charge in [0, 0.05) is 22.7 Å². The van der Waals surface area contributed by atoms with Crippen molar-refractivity contribution in [1.82, 2.24) is 4.98 Å². The first-order valence-corrected chi connectivity index (χ1v) is 11.1. The van der Waals surface area contributed by atoms with Crippen molar-refractivity contribution in [2.75, 3.05) is 0 Å². The molecule has 1 aliphatic rings. The van der Waals surface area contributed by atoms with Gasteiger partial charge in [0.1, 0.15) is 5.04 Å². The van der Waals surface area contributed by atoms with Crippen molar-refractivity contribution >= 4 is 28.1 Å². The van der Waals surface area contributed by atoms with Crippen molar-refractivity contribution in [2.45, 2.75) is 11.0 Å². The zero-order valence-electron chi connectivity index (χ0n) is 16.2. The van der Waals surface area contributed by atoms with Gasteiger partial charge in [0.25, 0.3) is 5.00 Å². The summed E-state index contributed by atoms with van der Waals surface area (Å²) in [6.45, 7) is 0. The average Bonchev–Trinajstić information content (AvgIpc) is 3.47. The van der Waals surface area contributed by atoms with Crippen molar-refractivity contribution < 1.29 is 13.2 Å². The van der Waals surface area contributed by atoms with E-state index >= 15 is 4.39 Å². The molecule has 0 amide bonds. The summed E-state index contributed by atoms with van der Waals surface area (Å²) in [6, 6.07) is 20.4. The summed E-state index contributed by atoms with van der Waals surface area (Å²) in [4.78, 5) is 7.13. The Labute approximate surface area is 186 Å². The van der Waals surface area contributed by atoms with E-state index in [0.29, 0.717) is 17.3 Å². The molecule has 156 valence electrons. The van der Waals surface area contributed by atoms with Gasteiger partial charge in [0.15, 0.2) is 0 Å². The molecule has 0 spiro atoms. The second-order valence-electron chi connectivity index (χ2n) is 6.64. The molecule has 2 nitrogen and oxygen atoms in total. The molecule has 1 atom stereocenters. The predicted octanol–water partition coefficient (Wildman–Crippen LogP) is 7.41. The fraction of sp³-hybridized carbons (Fsp3) is 0.0833. The van der Waals surface area contributed by atoms with Crippen molar-refractivity contribution in [3.8, 4) is 11.1 Å². The molecule has 5 rings (SSSR count). The lowest BCUT2D eigenvalue weighted by molar-refractivity contribution is -0.0815. The van der Waals surface area contributed by atoms with Crippen LogP contribution in [0.4, 0.5) is 13.2 Å². The van der Waals surface area contributed by atoms with Crippen LogP contribution in [0.1, 0.15) is 11.1 Å². The Hall–Kier alpha value is -2.90. The van der Waals surface area contributed by atoms with Gasteiger partial charge in [-0.15, -0.1) is 11.3 Å². The van der Waals surface area contributed by atoms with Gasteiger partial charge in [-0.1, -0.05) is 96.7 Å². The molecule has 0 radical (unpaired) electrons. The van der Waals surface area contributed by atoms with E-state index in [2.05, 4.69) is 9.98 Å². The molecular weight excluding hydrogens is 437 g/mol. The minimum atomic E-state index is -3.83. The number of rotatable bonds is 3. The summed E-state index contributed by atoms with van der Waals surface area (Å²) in [6.07, 6.45) is 1.77. The maximum Gasteiger partial charge on any atom is 0.391 e. The number of alkyl halides is 3. The summed E-state index contributed by atoms with van der Waals surface area (Å²) in [7, 11) is 0. The molecule has 1 aliphatic heterocycles. The number of nitrogens with zero attached hydrogens (tertiary/aromatic N) is 2. The highest BCUT2D eigenvalue weighted by Crippen LogP contribution is 2.56. The minimum absolute atomic E-state index is 0.000893. The molecule has 1 unspecified atom stereocenters. The van der Waals surface area contributed by atoms with E-state index in [9.17, 15) is 8.78 Å². The van der Waals surface area contributed by atoms with Crippen LogP contribution in [0.5, 0.6) is 0 Å². The van der Waals surface area contributed by atoms with Gasteiger partial charge in [-0.25, -0.2) is 9.38 Å². The van der Waals surface area contributed by atoms with Crippen molar-refractivity contribution in [3.05, 3.63) is 113 Å². The summed E-state index contributed by atoms with van der Waals surface area (Å²) < 4.78 is 44.0. The molecule has 7 heteroatoms. The van der Waals surface area contributed by atoms with Crippen molar-refractivity contribution in [3.63, 3.8) is 0 Å². The monoisotopic (exact) mass is 454 g/mol. The fourth-order valence-electron chi connectivity index (χ4n) is 3.04. The number of thioether (sulfide) groups is 1. The highest BCUT2D eigenvalue weighted by molar-refractivity contribution is 8.15. The molecule has 0 N–H and O–H groups in total. The Morgan fingerprint density at radius 3 is 1.81 bits per heavy atom. The Kier molecular flexibility index (Phi) is 6.25. The topological polar surface area (TPSA) is 25.2 Å². The number of benzene rings is 3. The Morgan fingerprint density at radius 1 is 0.677 bits per heavy atom. The van der Waals surface area contributed by atoms with Crippen LogP contribution in [0.3, 0.4) is 0 Å². The standard InChI is InChI=1S/C21H14F3NS.C3H3NS/c22-20(18-9-5-2-6-10-18)21(23,24)25-19(26-20)17-13-11-16(12-14-17)15-7-3-1-4-8-15;1-2-5-3-4-1/h1-14H;1-3H. The zero-order chi connectivity index (χ0) is 21.7. The average molecular weight is 455 g/mol. The number of aliphatic imine (C=N–C) groups is 1. The second-order valence-corrected chi connectivity index (χ2v) is 8.55.